The van der Waals surface area contributed by atoms with Gasteiger partial charge in [0.1, 0.15) is 5.75 Å². The molecular formula is C19H15BrO. The summed E-state index contributed by atoms with van der Waals surface area (Å²) in [5, 5.41) is 2.43. The molecule has 1 atom stereocenters. The van der Waals surface area contributed by atoms with Gasteiger partial charge in [0.25, 0.3) is 0 Å². The third kappa shape index (κ3) is 2.24. The molecule has 1 aliphatic rings. The molecule has 0 radical (unpaired) electrons. The Morgan fingerprint density at radius 2 is 1.76 bits per heavy atom. The Morgan fingerprint density at radius 1 is 0.952 bits per heavy atom. The summed E-state index contributed by atoms with van der Waals surface area (Å²) in [4.78, 5) is 0. The van der Waals surface area contributed by atoms with Crippen LogP contribution in [-0.4, -0.2) is 6.61 Å². The molecule has 0 aromatic heterocycles. The summed E-state index contributed by atoms with van der Waals surface area (Å²) in [6.45, 7) is 0.744. The molecule has 0 amide bonds. The average Bonchev–Trinajstić information content (AvgIpc) is 2.50. The Kier molecular flexibility index (Phi) is 3.19. The van der Waals surface area contributed by atoms with Crippen molar-refractivity contribution >= 4 is 26.7 Å². The van der Waals surface area contributed by atoms with E-state index < -0.39 is 0 Å². The van der Waals surface area contributed by atoms with Gasteiger partial charge in [0, 0.05) is 5.92 Å². The first-order chi connectivity index (χ1) is 10.3. The van der Waals surface area contributed by atoms with E-state index in [0.29, 0.717) is 5.92 Å². The summed E-state index contributed by atoms with van der Waals surface area (Å²) in [7, 11) is 0. The molecule has 0 N–H and O–H groups in total. The topological polar surface area (TPSA) is 9.23 Å². The van der Waals surface area contributed by atoms with Gasteiger partial charge in [0.15, 0.2) is 0 Å². The Bertz CT molecular complexity index is 810. The molecule has 0 saturated heterocycles. The fraction of sp³-hybridized carbons (Fsp3) is 0.158. The Labute approximate surface area is 132 Å². The highest BCUT2D eigenvalue weighted by Crippen LogP contribution is 2.37. The lowest BCUT2D eigenvalue weighted by Crippen LogP contribution is -2.23. The van der Waals surface area contributed by atoms with Gasteiger partial charge in [-0.25, -0.2) is 0 Å². The number of hydrogen-bond donors (Lipinski definition) is 0. The minimum absolute atomic E-state index is 0.527. The van der Waals surface area contributed by atoms with Crippen LogP contribution in [-0.2, 0) is 6.42 Å². The molecule has 0 fully saturated rings. The lowest BCUT2D eigenvalue weighted by atomic mass is 9.78. The predicted molar refractivity (Wildman–Crippen MR) is 90.0 cm³/mol. The van der Waals surface area contributed by atoms with Crippen LogP contribution in [0.5, 0.6) is 5.75 Å². The number of rotatable bonds is 3. The lowest BCUT2D eigenvalue weighted by molar-refractivity contribution is 0.274. The van der Waals surface area contributed by atoms with E-state index in [1.165, 1.54) is 21.9 Å². The maximum atomic E-state index is 6.06. The lowest BCUT2D eigenvalue weighted by Gasteiger charge is -2.30. The van der Waals surface area contributed by atoms with Crippen LogP contribution in [0.1, 0.15) is 17.0 Å². The highest BCUT2D eigenvalue weighted by molar-refractivity contribution is 9.10. The second-order valence-corrected chi connectivity index (χ2v) is 6.30. The Morgan fingerprint density at radius 3 is 2.67 bits per heavy atom. The maximum Gasteiger partial charge on any atom is 0.134 e. The fourth-order valence-electron chi connectivity index (χ4n) is 3.03. The molecule has 1 unspecified atom stereocenters. The second-order valence-electron chi connectivity index (χ2n) is 5.51. The van der Waals surface area contributed by atoms with Crippen LogP contribution in [0.2, 0.25) is 0 Å². The number of hydrogen-bond acceptors (Lipinski definition) is 1. The summed E-state index contributed by atoms with van der Waals surface area (Å²) < 4.78 is 7.11. The molecular weight excluding hydrogens is 324 g/mol. The predicted octanol–water partition coefficient (Wildman–Crippen LogP) is 5.32. The molecule has 0 saturated carbocycles. The Balaban J connectivity index is 1.55. The van der Waals surface area contributed by atoms with Crippen LogP contribution in [0.15, 0.2) is 65.1 Å². The van der Waals surface area contributed by atoms with Gasteiger partial charge >= 0.3 is 0 Å². The van der Waals surface area contributed by atoms with Gasteiger partial charge in [-0.15, -0.1) is 0 Å². The molecule has 2 heteroatoms. The molecule has 3 aromatic carbocycles. The summed E-state index contributed by atoms with van der Waals surface area (Å²) in [5.74, 6) is 1.46. The zero-order valence-corrected chi connectivity index (χ0v) is 13.1. The van der Waals surface area contributed by atoms with Gasteiger partial charge in [-0.05, 0) is 50.3 Å². The number of halogens is 1. The van der Waals surface area contributed by atoms with Gasteiger partial charge in [-0.3, -0.25) is 0 Å². The molecule has 0 spiro atoms. The van der Waals surface area contributed by atoms with Crippen molar-refractivity contribution in [2.75, 3.05) is 6.61 Å². The first kappa shape index (κ1) is 12.9. The van der Waals surface area contributed by atoms with Crippen LogP contribution in [0.4, 0.5) is 0 Å². The van der Waals surface area contributed by atoms with E-state index in [2.05, 4.69) is 76.6 Å². The summed E-state index contributed by atoms with van der Waals surface area (Å²) in [5.41, 5.74) is 2.90. The maximum absolute atomic E-state index is 6.06. The van der Waals surface area contributed by atoms with Gasteiger partial charge in [0.05, 0.1) is 11.1 Å². The van der Waals surface area contributed by atoms with Gasteiger partial charge < -0.3 is 4.74 Å². The van der Waals surface area contributed by atoms with Crippen LogP contribution in [0, 0.1) is 0 Å². The van der Waals surface area contributed by atoms with E-state index in [1.807, 2.05) is 0 Å². The largest absolute Gasteiger partial charge is 0.492 e. The van der Waals surface area contributed by atoms with E-state index in [4.69, 9.17) is 4.74 Å². The van der Waals surface area contributed by atoms with Crippen molar-refractivity contribution in [3.63, 3.8) is 0 Å². The molecule has 1 nitrogen and oxygen atoms in total. The van der Waals surface area contributed by atoms with Crippen molar-refractivity contribution in [3.8, 4) is 5.75 Å². The zero-order valence-electron chi connectivity index (χ0n) is 11.6. The smallest absolute Gasteiger partial charge is 0.134 e. The third-order valence-corrected chi connectivity index (χ3v) is 5.05. The normalized spacial score (nSPS) is 16.3. The van der Waals surface area contributed by atoms with Gasteiger partial charge in [0.2, 0.25) is 0 Å². The van der Waals surface area contributed by atoms with Crippen LogP contribution in [0.25, 0.3) is 10.8 Å². The van der Waals surface area contributed by atoms with Crippen LogP contribution in [0.3, 0.4) is 0 Å². The number of fused-ring (bicyclic) bond motifs is 2. The number of benzene rings is 3. The highest BCUT2D eigenvalue weighted by Gasteiger charge is 2.26. The molecule has 0 bridgehead atoms. The second kappa shape index (κ2) is 5.19. The molecule has 0 heterocycles. The standard InChI is InChI=1S/C19H15BrO/c20-19-17-8-4-1-5-13(17)9-10-18(19)21-12-15-11-14-6-2-3-7-16(14)15/h1-10,15H,11-12H2. The minimum Gasteiger partial charge on any atom is -0.492 e. The van der Waals surface area contributed by atoms with E-state index >= 15 is 0 Å². The molecule has 1 aliphatic carbocycles. The third-order valence-electron chi connectivity index (χ3n) is 4.23. The molecule has 3 aromatic rings. The van der Waals surface area contributed by atoms with Crippen molar-refractivity contribution in [1.29, 1.82) is 0 Å². The first-order valence-corrected chi connectivity index (χ1v) is 8.00. The Hall–Kier alpha value is -1.80. The van der Waals surface area contributed by atoms with Crippen molar-refractivity contribution in [2.45, 2.75) is 12.3 Å². The van der Waals surface area contributed by atoms with Crippen molar-refractivity contribution in [3.05, 3.63) is 76.3 Å². The van der Waals surface area contributed by atoms with E-state index in [9.17, 15) is 0 Å². The van der Waals surface area contributed by atoms with E-state index in [1.54, 1.807) is 0 Å². The number of ether oxygens (including phenoxy) is 1. The molecule has 104 valence electrons. The fourth-order valence-corrected chi connectivity index (χ4v) is 3.63. The van der Waals surface area contributed by atoms with Crippen molar-refractivity contribution in [1.82, 2.24) is 0 Å². The van der Waals surface area contributed by atoms with Crippen LogP contribution >= 0.6 is 15.9 Å². The SMILES string of the molecule is Brc1c(OCC2Cc3ccccc32)ccc2ccccc12. The van der Waals surface area contributed by atoms with Gasteiger partial charge in [-0.2, -0.15) is 0 Å². The van der Waals surface area contributed by atoms with E-state index in [-0.39, 0.29) is 0 Å². The molecule has 4 rings (SSSR count). The average molecular weight is 339 g/mol. The highest BCUT2D eigenvalue weighted by atomic mass is 79.9. The van der Waals surface area contributed by atoms with Crippen molar-refractivity contribution < 1.29 is 4.74 Å². The summed E-state index contributed by atoms with van der Waals surface area (Å²) >= 11 is 3.68. The minimum atomic E-state index is 0.527. The summed E-state index contributed by atoms with van der Waals surface area (Å²) in [6.07, 6.45) is 1.13. The van der Waals surface area contributed by atoms with E-state index in [0.717, 1.165) is 23.2 Å². The van der Waals surface area contributed by atoms with Crippen LogP contribution < -0.4 is 4.74 Å². The first-order valence-electron chi connectivity index (χ1n) is 7.21. The quantitative estimate of drug-likeness (QED) is 0.627. The molecule has 21 heavy (non-hydrogen) atoms. The summed E-state index contributed by atoms with van der Waals surface area (Å²) in [6, 6.07) is 21.1. The van der Waals surface area contributed by atoms with Gasteiger partial charge in [-0.1, -0.05) is 54.6 Å². The monoisotopic (exact) mass is 338 g/mol. The molecule has 0 aliphatic heterocycles. The van der Waals surface area contributed by atoms with Crippen molar-refractivity contribution in [2.24, 2.45) is 0 Å². The zero-order chi connectivity index (χ0) is 14.2.